The summed E-state index contributed by atoms with van der Waals surface area (Å²) in [5, 5.41) is 0. The van der Waals surface area contributed by atoms with Crippen molar-refractivity contribution >= 4 is 0 Å². The van der Waals surface area contributed by atoms with Crippen molar-refractivity contribution in [3.63, 3.8) is 0 Å². The van der Waals surface area contributed by atoms with Crippen molar-refractivity contribution in [2.24, 2.45) is 11.8 Å². The second-order valence-electron chi connectivity index (χ2n) is 10.9. The molecule has 0 N–H and O–H groups in total. The number of halogens is 4. The molecular formula is C31H40F4O. The van der Waals surface area contributed by atoms with E-state index in [4.69, 9.17) is 4.74 Å². The summed E-state index contributed by atoms with van der Waals surface area (Å²) in [4.78, 5) is 0. The first-order valence-electron chi connectivity index (χ1n) is 14.0. The van der Waals surface area contributed by atoms with Crippen molar-refractivity contribution < 1.29 is 22.3 Å². The first-order chi connectivity index (χ1) is 17.4. The lowest BCUT2D eigenvalue weighted by atomic mass is 9.75. The highest BCUT2D eigenvalue weighted by Crippen LogP contribution is 2.42. The Hall–Kier alpha value is -2.04. The Balaban J connectivity index is 1.31. The fraction of sp³-hybridized carbons (Fsp3) is 0.613. The van der Waals surface area contributed by atoms with Gasteiger partial charge in [-0.3, -0.25) is 0 Å². The third kappa shape index (κ3) is 6.08. The lowest BCUT2D eigenvalue weighted by Crippen LogP contribution is -2.17. The molecule has 2 aromatic carbocycles. The highest BCUT2D eigenvalue weighted by molar-refractivity contribution is 5.32. The molecule has 198 valence electrons. The van der Waals surface area contributed by atoms with Gasteiger partial charge in [0.05, 0.1) is 6.61 Å². The predicted molar refractivity (Wildman–Crippen MR) is 137 cm³/mol. The first-order valence-corrected chi connectivity index (χ1v) is 14.0. The molecule has 2 fully saturated rings. The Bertz CT molecular complexity index is 1000. The Morgan fingerprint density at radius 2 is 1.17 bits per heavy atom. The van der Waals surface area contributed by atoms with E-state index in [1.807, 2.05) is 12.1 Å². The molecule has 0 amide bonds. The van der Waals surface area contributed by atoms with Crippen molar-refractivity contribution in [1.29, 1.82) is 0 Å². The van der Waals surface area contributed by atoms with E-state index in [1.54, 1.807) is 13.0 Å². The van der Waals surface area contributed by atoms with Crippen LogP contribution in [-0.4, -0.2) is 6.61 Å². The minimum atomic E-state index is -0.923. The zero-order valence-electron chi connectivity index (χ0n) is 21.7. The molecular weight excluding hydrogens is 464 g/mol. The molecule has 0 spiro atoms. The van der Waals surface area contributed by atoms with Crippen molar-refractivity contribution in [2.45, 2.75) is 103 Å². The quantitative estimate of drug-likeness (QED) is 0.309. The Morgan fingerprint density at radius 3 is 1.67 bits per heavy atom. The normalized spacial score (nSPS) is 24.6. The highest BCUT2D eigenvalue weighted by Gasteiger charge is 2.29. The molecule has 2 aromatic rings. The molecule has 0 bridgehead atoms. The minimum Gasteiger partial charge on any atom is -0.491 e. The number of aryl methyl sites for hydroxylation is 1. The van der Waals surface area contributed by atoms with Gasteiger partial charge in [-0.2, -0.15) is 4.39 Å². The maximum atomic E-state index is 15.2. The van der Waals surface area contributed by atoms with Crippen molar-refractivity contribution in [2.75, 3.05) is 6.61 Å². The lowest BCUT2D eigenvalue weighted by Gasteiger charge is -2.31. The van der Waals surface area contributed by atoms with Crippen LogP contribution in [0.5, 0.6) is 5.75 Å². The molecule has 4 rings (SSSR count). The summed E-state index contributed by atoms with van der Waals surface area (Å²) >= 11 is 0. The summed E-state index contributed by atoms with van der Waals surface area (Å²) in [5.41, 5.74) is 1.43. The van der Waals surface area contributed by atoms with Crippen LogP contribution in [0.1, 0.15) is 113 Å². The maximum Gasteiger partial charge on any atom is 0.200 e. The zero-order valence-corrected chi connectivity index (χ0v) is 21.7. The minimum absolute atomic E-state index is 0.0183. The maximum absolute atomic E-state index is 15.2. The van der Waals surface area contributed by atoms with Crippen LogP contribution in [0.25, 0.3) is 0 Å². The molecule has 2 aliphatic rings. The average Bonchev–Trinajstić information content (AvgIpc) is 2.89. The molecule has 1 nitrogen and oxygen atoms in total. The van der Waals surface area contributed by atoms with Gasteiger partial charge in [0.15, 0.2) is 23.2 Å². The van der Waals surface area contributed by atoms with Crippen molar-refractivity contribution in [3.05, 3.63) is 64.2 Å². The van der Waals surface area contributed by atoms with Gasteiger partial charge in [0.1, 0.15) is 0 Å². The molecule has 36 heavy (non-hydrogen) atoms. The lowest BCUT2D eigenvalue weighted by molar-refractivity contribution is 0.296. The molecule has 2 aliphatic carbocycles. The smallest absolute Gasteiger partial charge is 0.200 e. The number of rotatable bonds is 9. The van der Waals surface area contributed by atoms with Gasteiger partial charge in [-0.05, 0) is 118 Å². The van der Waals surface area contributed by atoms with Crippen LogP contribution >= 0.6 is 0 Å². The van der Waals surface area contributed by atoms with Crippen LogP contribution in [0, 0.1) is 35.1 Å². The second-order valence-corrected chi connectivity index (χ2v) is 10.9. The van der Waals surface area contributed by atoms with Crippen LogP contribution in [-0.2, 0) is 6.42 Å². The number of benzene rings is 2. The van der Waals surface area contributed by atoms with Gasteiger partial charge in [-0.1, -0.05) is 38.0 Å². The fourth-order valence-electron chi connectivity index (χ4n) is 6.53. The van der Waals surface area contributed by atoms with Gasteiger partial charge >= 0.3 is 0 Å². The molecule has 0 saturated heterocycles. The standard InChI is InChI=1S/C31H40F4O/c1-3-5-20-6-11-22(12-7-20)25-17-18-26(30(34)29(25)33)23-13-8-21(9-14-23)10-15-24-16-19-27(36-4-2)31(35)28(24)32/h16-23H,3-15H2,1-2H3. The monoisotopic (exact) mass is 504 g/mol. The van der Waals surface area contributed by atoms with Crippen molar-refractivity contribution in [1.82, 2.24) is 0 Å². The van der Waals surface area contributed by atoms with Crippen LogP contribution in [0.4, 0.5) is 17.6 Å². The van der Waals surface area contributed by atoms with E-state index in [-0.39, 0.29) is 24.2 Å². The van der Waals surface area contributed by atoms with Crippen LogP contribution < -0.4 is 4.74 Å². The second kappa shape index (κ2) is 12.5. The summed E-state index contributed by atoms with van der Waals surface area (Å²) in [6.07, 6.45) is 11.1. The molecule has 0 atom stereocenters. The van der Waals surface area contributed by atoms with Crippen molar-refractivity contribution in [3.8, 4) is 5.75 Å². The third-order valence-electron chi connectivity index (χ3n) is 8.66. The Labute approximate surface area is 213 Å². The molecule has 0 radical (unpaired) electrons. The van der Waals surface area contributed by atoms with E-state index in [1.165, 1.54) is 18.9 Å². The summed E-state index contributed by atoms with van der Waals surface area (Å²) in [5.74, 6) is -1.84. The number of hydrogen-bond donors (Lipinski definition) is 0. The van der Waals surface area contributed by atoms with E-state index < -0.39 is 23.3 Å². The van der Waals surface area contributed by atoms with Gasteiger partial charge in [-0.15, -0.1) is 0 Å². The average molecular weight is 505 g/mol. The zero-order chi connectivity index (χ0) is 25.7. The molecule has 5 heteroatoms. The Kier molecular flexibility index (Phi) is 9.35. The third-order valence-corrected chi connectivity index (χ3v) is 8.66. The topological polar surface area (TPSA) is 9.23 Å². The fourth-order valence-corrected chi connectivity index (χ4v) is 6.53. The van der Waals surface area contributed by atoms with Gasteiger partial charge < -0.3 is 4.74 Å². The van der Waals surface area contributed by atoms with E-state index in [9.17, 15) is 8.78 Å². The highest BCUT2D eigenvalue weighted by atomic mass is 19.2. The summed E-state index contributed by atoms with van der Waals surface area (Å²) in [6, 6.07) is 6.76. The molecule has 2 saturated carbocycles. The van der Waals surface area contributed by atoms with E-state index in [0.29, 0.717) is 29.0 Å². The van der Waals surface area contributed by atoms with E-state index in [0.717, 1.165) is 63.7 Å². The van der Waals surface area contributed by atoms with E-state index >= 15 is 8.78 Å². The number of hydrogen-bond acceptors (Lipinski definition) is 1. The molecule has 0 aliphatic heterocycles. The van der Waals surface area contributed by atoms with Crippen LogP contribution in [0.2, 0.25) is 0 Å². The SMILES string of the molecule is CCCC1CCC(c2ccc(C3CCC(CCc4ccc(OCC)c(F)c4F)CC3)c(F)c2F)CC1. The summed E-state index contributed by atoms with van der Waals surface area (Å²) in [6.45, 7) is 4.22. The molecule has 0 heterocycles. The number of ether oxygens (including phenoxy) is 1. The van der Waals surface area contributed by atoms with Gasteiger partial charge in [0.2, 0.25) is 5.82 Å². The summed E-state index contributed by atoms with van der Waals surface area (Å²) < 4.78 is 64.0. The Morgan fingerprint density at radius 1 is 0.639 bits per heavy atom. The largest absolute Gasteiger partial charge is 0.491 e. The van der Waals surface area contributed by atoms with Gasteiger partial charge in [-0.25, -0.2) is 13.2 Å². The molecule has 0 aromatic heterocycles. The van der Waals surface area contributed by atoms with E-state index in [2.05, 4.69) is 6.92 Å². The first kappa shape index (κ1) is 27.0. The molecule has 0 unspecified atom stereocenters. The van der Waals surface area contributed by atoms with Gasteiger partial charge in [0, 0.05) is 0 Å². The predicted octanol–water partition coefficient (Wildman–Crippen LogP) is 9.62. The van der Waals surface area contributed by atoms with Crippen LogP contribution in [0.15, 0.2) is 24.3 Å². The van der Waals surface area contributed by atoms with Gasteiger partial charge in [0.25, 0.3) is 0 Å². The summed E-state index contributed by atoms with van der Waals surface area (Å²) in [7, 11) is 0. The van der Waals surface area contributed by atoms with Crippen LogP contribution in [0.3, 0.4) is 0 Å².